The van der Waals surface area contributed by atoms with Gasteiger partial charge < -0.3 is 5.32 Å². The highest BCUT2D eigenvalue weighted by Gasteiger charge is 2.20. The lowest BCUT2D eigenvalue weighted by molar-refractivity contribution is 0.512. The number of halogens is 3. The Morgan fingerprint density at radius 1 is 1.42 bits per heavy atom. The van der Waals surface area contributed by atoms with E-state index >= 15 is 0 Å². The summed E-state index contributed by atoms with van der Waals surface area (Å²) in [5.74, 6) is -0.258. The highest BCUT2D eigenvalue weighted by atomic mass is 79.9. The Kier molecular flexibility index (Phi) is 5.39. The summed E-state index contributed by atoms with van der Waals surface area (Å²) in [6.45, 7) is 2.77. The molecule has 0 spiro atoms. The van der Waals surface area contributed by atoms with Crippen molar-refractivity contribution in [3.8, 4) is 0 Å². The van der Waals surface area contributed by atoms with E-state index < -0.39 is 0 Å². The van der Waals surface area contributed by atoms with Crippen LogP contribution in [0.1, 0.15) is 23.4 Å². The molecule has 19 heavy (non-hydrogen) atoms. The number of thiophene rings is 1. The van der Waals surface area contributed by atoms with Gasteiger partial charge in [0, 0.05) is 32.4 Å². The number of hydrogen-bond acceptors (Lipinski definition) is 2. The van der Waals surface area contributed by atoms with Gasteiger partial charge in [0.05, 0.1) is 0 Å². The third kappa shape index (κ3) is 3.57. The van der Waals surface area contributed by atoms with E-state index in [-0.39, 0.29) is 11.9 Å². The molecule has 0 aliphatic carbocycles. The van der Waals surface area contributed by atoms with Gasteiger partial charge in [-0.25, -0.2) is 4.39 Å². The van der Waals surface area contributed by atoms with Gasteiger partial charge in [-0.15, -0.1) is 11.3 Å². The molecule has 0 aliphatic heterocycles. The molecule has 0 aliphatic rings. The normalized spacial score (nSPS) is 12.6. The van der Waals surface area contributed by atoms with Gasteiger partial charge in [-0.3, -0.25) is 0 Å². The van der Waals surface area contributed by atoms with Crippen molar-refractivity contribution in [2.75, 3.05) is 6.54 Å². The summed E-state index contributed by atoms with van der Waals surface area (Å²) < 4.78 is 15.1. The molecule has 0 saturated heterocycles. The van der Waals surface area contributed by atoms with E-state index in [4.69, 9.17) is 11.6 Å². The van der Waals surface area contributed by atoms with Crippen LogP contribution in [0.2, 0.25) is 5.02 Å². The second kappa shape index (κ2) is 6.84. The topological polar surface area (TPSA) is 12.0 Å². The maximum absolute atomic E-state index is 14.0. The zero-order chi connectivity index (χ0) is 13.8. The molecule has 1 aromatic heterocycles. The summed E-state index contributed by atoms with van der Waals surface area (Å²) in [6.07, 6.45) is 0.715. The highest BCUT2D eigenvalue weighted by molar-refractivity contribution is 9.10. The van der Waals surface area contributed by atoms with E-state index in [9.17, 15) is 4.39 Å². The van der Waals surface area contributed by atoms with Crippen LogP contribution >= 0.6 is 38.9 Å². The Balaban J connectivity index is 2.32. The fourth-order valence-corrected chi connectivity index (χ4v) is 3.88. The van der Waals surface area contributed by atoms with Crippen molar-refractivity contribution in [3.05, 3.63) is 55.4 Å². The van der Waals surface area contributed by atoms with Crippen molar-refractivity contribution in [1.82, 2.24) is 5.32 Å². The van der Waals surface area contributed by atoms with Crippen molar-refractivity contribution < 1.29 is 4.39 Å². The quantitative estimate of drug-likeness (QED) is 0.771. The minimum atomic E-state index is -0.258. The predicted molar refractivity (Wildman–Crippen MR) is 83.6 cm³/mol. The van der Waals surface area contributed by atoms with E-state index in [0.717, 1.165) is 11.0 Å². The standard InChI is InChI=1S/C14H14BrClFNS/c1-2-18-12(8-13-9(15)6-7-19-13)14-10(16)4-3-5-11(14)17/h3-7,12,18H,2,8H2,1H3. The molecule has 1 nitrogen and oxygen atoms in total. The molecule has 1 aromatic carbocycles. The average Bonchev–Trinajstić information content (AvgIpc) is 2.75. The molecule has 102 valence electrons. The lowest BCUT2D eigenvalue weighted by Gasteiger charge is -2.20. The molecular weight excluding hydrogens is 349 g/mol. The lowest BCUT2D eigenvalue weighted by atomic mass is 10.0. The molecule has 0 bridgehead atoms. The first kappa shape index (κ1) is 15.0. The van der Waals surface area contributed by atoms with Crippen LogP contribution in [-0.4, -0.2) is 6.54 Å². The van der Waals surface area contributed by atoms with Crippen LogP contribution in [0.15, 0.2) is 34.1 Å². The number of benzene rings is 1. The van der Waals surface area contributed by atoms with Crippen LogP contribution in [0.25, 0.3) is 0 Å². The summed E-state index contributed by atoms with van der Waals surface area (Å²) >= 11 is 11.3. The van der Waals surface area contributed by atoms with Gasteiger partial charge in [-0.05, 0) is 46.1 Å². The third-order valence-corrected chi connectivity index (χ3v) is 5.16. The van der Waals surface area contributed by atoms with Crippen molar-refractivity contribution in [3.63, 3.8) is 0 Å². The van der Waals surface area contributed by atoms with Gasteiger partial charge in [0.25, 0.3) is 0 Å². The van der Waals surface area contributed by atoms with E-state index in [1.54, 1.807) is 23.5 Å². The van der Waals surface area contributed by atoms with E-state index in [1.165, 1.54) is 10.9 Å². The fraction of sp³-hybridized carbons (Fsp3) is 0.286. The molecule has 1 atom stereocenters. The predicted octanol–water partition coefficient (Wildman–Crippen LogP) is 5.20. The molecule has 1 N–H and O–H groups in total. The Morgan fingerprint density at radius 3 is 2.79 bits per heavy atom. The van der Waals surface area contributed by atoms with Crippen LogP contribution < -0.4 is 5.32 Å². The molecule has 5 heteroatoms. The number of nitrogens with one attached hydrogen (secondary N) is 1. The Labute approximate surface area is 129 Å². The van der Waals surface area contributed by atoms with Gasteiger partial charge in [-0.2, -0.15) is 0 Å². The molecule has 1 unspecified atom stereocenters. The molecular formula is C14H14BrClFNS. The van der Waals surface area contributed by atoms with Gasteiger partial charge in [0.1, 0.15) is 5.82 Å². The van der Waals surface area contributed by atoms with Gasteiger partial charge in [0.2, 0.25) is 0 Å². The lowest BCUT2D eigenvalue weighted by Crippen LogP contribution is -2.24. The molecule has 0 saturated carbocycles. The van der Waals surface area contributed by atoms with Crippen molar-refractivity contribution in [2.24, 2.45) is 0 Å². The monoisotopic (exact) mass is 361 g/mol. The van der Waals surface area contributed by atoms with Crippen molar-refractivity contribution in [1.29, 1.82) is 0 Å². The first-order chi connectivity index (χ1) is 9.13. The Morgan fingerprint density at radius 2 is 2.21 bits per heavy atom. The summed E-state index contributed by atoms with van der Waals surface area (Å²) in [5, 5.41) is 5.80. The summed E-state index contributed by atoms with van der Waals surface area (Å²) in [7, 11) is 0. The first-order valence-electron chi connectivity index (χ1n) is 6.02. The van der Waals surface area contributed by atoms with Crippen LogP contribution in [0.5, 0.6) is 0 Å². The second-order valence-corrected chi connectivity index (χ2v) is 6.40. The number of rotatable bonds is 5. The molecule has 0 radical (unpaired) electrons. The minimum Gasteiger partial charge on any atom is -0.310 e. The first-order valence-corrected chi connectivity index (χ1v) is 8.07. The highest BCUT2D eigenvalue weighted by Crippen LogP contribution is 2.32. The minimum absolute atomic E-state index is 0.117. The van der Waals surface area contributed by atoms with E-state index in [1.807, 2.05) is 18.4 Å². The molecule has 2 aromatic rings. The summed E-state index contributed by atoms with van der Waals surface area (Å²) in [4.78, 5) is 1.19. The maximum atomic E-state index is 14.0. The zero-order valence-electron chi connectivity index (χ0n) is 10.4. The number of hydrogen-bond donors (Lipinski definition) is 1. The summed E-state index contributed by atoms with van der Waals surface area (Å²) in [6, 6.07) is 6.70. The van der Waals surface area contributed by atoms with E-state index in [2.05, 4.69) is 21.2 Å². The number of likely N-dealkylation sites (N-methyl/N-ethyl adjacent to an activating group) is 1. The van der Waals surface area contributed by atoms with Crippen LogP contribution in [0.3, 0.4) is 0 Å². The van der Waals surface area contributed by atoms with Crippen molar-refractivity contribution >= 4 is 38.9 Å². The fourth-order valence-electron chi connectivity index (χ4n) is 2.02. The Bertz CT molecular complexity index is 538. The Hall–Kier alpha value is -0.420. The smallest absolute Gasteiger partial charge is 0.129 e. The largest absolute Gasteiger partial charge is 0.310 e. The van der Waals surface area contributed by atoms with Crippen LogP contribution in [0, 0.1) is 5.82 Å². The third-order valence-electron chi connectivity index (χ3n) is 2.88. The van der Waals surface area contributed by atoms with Gasteiger partial charge >= 0.3 is 0 Å². The van der Waals surface area contributed by atoms with Crippen LogP contribution in [0.4, 0.5) is 4.39 Å². The molecule has 0 amide bonds. The zero-order valence-corrected chi connectivity index (χ0v) is 13.6. The maximum Gasteiger partial charge on any atom is 0.129 e. The van der Waals surface area contributed by atoms with E-state index in [0.29, 0.717) is 17.0 Å². The second-order valence-electron chi connectivity index (χ2n) is 4.14. The molecule has 2 rings (SSSR count). The molecule has 0 fully saturated rings. The average molecular weight is 363 g/mol. The van der Waals surface area contributed by atoms with Crippen molar-refractivity contribution in [2.45, 2.75) is 19.4 Å². The van der Waals surface area contributed by atoms with Gasteiger partial charge in [-0.1, -0.05) is 24.6 Å². The van der Waals surface area contributed by atoms with Gasteiger partial charge in [0.15, 0.2) is 0 Å². The molecule has 1 heterocycles. The van der Waals surface area contributed by atoms with Crippen LogP contribution in [-0.2, 0) is 6.42 Å². The summed E-state index contributed by atoms with van der Waals surface area (Å²) in [5.41, 5.74) is 0.548. The SMILES string of the molecule is CCNC(Cc1sccc1Br)c1c(F)cccc1Cl.